The Morgan fingerprint density at radius 3 is 2.07 bits per heavy atom. The first-order valence-corrected chi connectivity index (χ1v) is 10.2. The highest BCUT2D eigenvalue weighted by Crippen LogP contribution is 2.17. The minimum Gasteiger partial charge on any atom is -0.368 e. The first-order chi connectivity index (χ1) is 14.2. The molecule has 2 aromatic carbocycles. The second kappa shape index (κ2) is 8.90. The van der Waals surface area contributed by atoms with Crippen molar-refractivity contribution in [1.29, 1.82) is 0 Å². The Hall–Kier alpha value is -3.15. The van der Waals surface area contributed by atoms with Gasteiger partial charge in [-0.1, -0.05) is 48.5 Å². The van der Waals surface area contributed by atoms with Crippen LogP contribution >= 0.6 is 0 Å². The molecule has 1 fully saturated rings. The molecule has 2 aliphatic heterocycles. The molecule has 0 aromatic heterocycles. The van der Waals surface area contributed by atoms with Crippen LogP contribution in [0.2, 0.25) is 0 Å². The van der Waals surface area contributed by atoms with E-state index >= 15 is 0 Å². The minimum atomic E-state index is -0.0767. The zero-order chi connectivity index (χ0) is 20.1. The number of nitrogens with zero attached hydrogens (tertiary/aromatic N) is 4. The molecule has 0 spiro atoms. The van der Waals surface area contributed by atoms with E-state index in [9.17, 15) is 9.59 Å². The second-order valence-electron chi connectivity index (χ2n) is 7.38. The number of hydrogen-bond acceptors (Lipinski definition) is 4. The molecule has 0 unspecified atom stereocenters. The lowest BCUT2D eigenvalue weighted by Crippen LogP contribution is -2.48. The molecule has 1 saturated heterocycles. The fourth-order valence-corrected chi connectivity index (χ4v) is 3.82. The van der Waals surface area contributed by atoms with Crippen molar-refractivity contribution in [2.75, 3.05) is 37.6 Å². The molecular weight excluding hydrogens is 364 g/mol. The third-order valence-corrected chi connectivity index (χ3v) is 5.50. The Morgan fingerprint density at radius 2 is 1.38 bits per heavy atom. The lowest BCUT2D eigenvalue weighted by atomic mass is 10.1. The van der Waals surface area contributed by atoms with Gasteiger partial charge in [0, 0.05) is 51.1 Å². The predicted octanol–water partition coefficient (Wildman–Crippen LogP) is 2.75. The minimum absolute atomic E-state index is 0.0533. The number of rotatable bonds is 5. The molecule has 2 amide bonds. The maximum Gasteiger partial charge on any atom is 0.243 e. The fraction of sp³-hybridized carbons (Fsp3) is 0.348. The average Bonchev–Trinajstić information content (AvgIpc) is 3.29. The van der Waals surface area contributed by atoms with Gasteiger partial charge in [0.1, 0.15) is 0 Å². The van der Waals surface area contributed by atoms with Crippen molar-refractivity contribution in [1.82, 2.24) is 9.91 Å². The Bertz CT molecular complexity index is 874. The second-order valence-corrected chi connectivity index (χ2v) is 7.38. The van der Waals surface area contributed by atoms with E-state index in [1.54, 1.807) is 0 Å². The maximum absolute atomic E-state index is 12.5. The summed E-state index contributed by atoms with van der Waals surface area (Å²) in [4.78, 5) is 29.2. The zero-order valence-electron chi connectivity index (χ0n) is 16.5. The van der Waals surface area contributed by atoms with Crippen molar-refractivity contribution < 1.29 is 9.59 Å². The first-order valence-electron chi connectivity index (χ1n) is 10.2. The standard InChI is InChI=1S/C23H26N4O2/c28-22(26-17-15-25(16-18-26)20-9-5-2-6-10-20)11-12-23(29)27-14-13-21(24-27)19-7-3-1-4-8-19/h1-10H,11-18H2. The lowest BCUT2D eigenvalue weighted by Gasteiger charge is -2.36. The molecule has 2 heterocycles. The lowest BCUT2D eigenvalue weighted by molar-refractivity contribution is -0.137. The van der Waals surface area contributed by atoms with E-state index in [1.165, 1.54) is 10.7 Å². The van der Waals surface area contributed by atoms with Crippen molar-refractivity contribution in [3.8, 4) is 0 Å². The van der Waals surface area contributed by atoms with E-state index in [1.807, 2.05) is 53.4 Å². The molecule has 0 atom stereocenters. The number of amides is 2. The SMILES string of the molecule is O=C(CCC(=O)N1CCC(c2ccccc2)=N1)N1CCN(c2ccccc2)CC1. The van der Waals surface area contributed by atoms with Crippen LogP contribution in [0.3, 0.4) is 0 Å². The van der Waals surface area contributed by atoms with E-state index in [2.05, 4.69) is 22.1 Å². The molecule has 0 bridgehead atoms. The molecule has 6 heteroatoms. The zero-order valence-corrected chi connectivity index (χ0v) is 16.5. The Balaban J connectivity index is 1.24. The van der Waals surface area contributed by atoms with Gasteiger partial charge in [-0.15, -0.1) is 0 Å². The molecule has 0 saturated carbocycles. The van der Waals surface area contributed by atoms with Crippen molar-refractivity contribution in [3.05, 3.63) is 66.2 Å². The van der Waals surface area contributed by atoms with Crippen LogP contribution in [0, 0.1) is 0 Å². The van der Waals surface area contributed by atoms with Gasteiger partial charge in [-0.3, -0.25) is 9.59 Å². The van der Waals surface area contributed by atoms with Gasteiger partial charge in [0.15, 0.2) is 0 Å². The molecule has 2 aromatic rings. The highest BCUT2D eigenvalue weighted by molar-refractivity contribution is 6.02. The summed E-state index contributed by atoms with van der Waals surface area (Å²) < 4.78 is 0. The topological polar surface area (TPSA) is 56.2 Å². The number of benzene rings is 2. The number of para-hydroxylation sites is 1. The van der Waals surface area contributed by atoms with Crippen LogP contribution < -0.4 is 4.90 Å². The molecule has 4 rings (SSSR count). The van der Waals surface area contributed by atoms with Gasteiger partial charge in [0.25, 0.3) is 0 Å². The summed E-state index contributed by atoms with van der Waals surface area (Å²) in [6.45, 7) is 3.62. The van der Waals surface area contributed by atoms with Crippen molar-refractivity contribution in [2.45, 2.75) is 19.3 Å². The predicted molar refractivity (Wildman–Crippen MR) is 114 cm³/mol. The van der Waals surface area contributed by atoms with Gasteiger partial charge in [-0.05, 0) is 17.7 Å². The quantitative estimate of drug-likeness (QED) is 0.789. The summed E-state index contributed by atoms with van der Waals surface area (Å²) in [5.41, 5.74) is 3.17. The van der Waals surface area contributed by atoms with Gasteiger partial charge >= 0.3 is 0 Å². The first kappa shape index (κ1) is 19.2. The van der Waals surface area contributed by atoms with E-state index in [0.717, 1.165) is 30.8 Å². The largest absolute Gasteiger partial charge is 0.368 e. The summed E-state index contributed by atoms with van der Waals surface area (Å²) in [7, 11) is 0. The number of piperazine rings is 1. The Kier molecular flexibility index (Phi) is 5.89. The summed E-state index contributed by atoms with van der Waals surface area (Å²) in [6, 6.07) is 20.2. The van der Waals surface area contributed by atoms with Crippen LogP contribution in [0.25, 0.3) is 0 Å². The summed E-state index contributed by atoms with van der Waals surface area (Å²) >= 11 is 0. The fourth-order valence-electron chi connectivity index (χ4n) is 3.82. The van der Waals surface area contributed by atoms with Crippen molar-refractivity contribution >= 4 is 23.2 Å². The summed E-state index contributed by atoms with van der Waals surface area (Å²) in [5, 5.41) is 5.98. The number of carbonyl (C=O) groups is 2. The third-order valence-electron chi connectivity index (χ3n) is 5.50. The normalized spacial score (nSPS) is 16.7. The van der Waals surface area contributed by atoms with Gasteiger partial charge in [0.2, 0.25) is 11.8 Å². The molecule has 2 aliphatic rings. The Morgan fingerprint density at radius 1 is 0.759 bits per heavy atom. The number of hydrazone groups is 1. The summed E-state index contributed by atoms with van der Waals surface area (Å²) in [5.74, 6) is -0.0234. The number of carbonyl (C=O) groups excluding carboxylic acids is 2. The number of anilines is 1. The molecular formula is C23H26N4O2. The van der Waals surface area contributed by atoms with Crippen molar-refractivity contribution in [3.63, 3.8) is 0 Å². The van der Waals surface area contributed by atoms with Crippen LogP contribution in [-0.2, 0) is 9.59 Å². The van der Waals surface area contributed by atoms with Crippen LogP contribution in [0.1, 0.15) is 24.8 Å². The molecule has 6 nitrogen and oxygen atoms in total. The van der Waals surface area contributed by atoms with Crippen molar-refractivity contribution in [2.24, 2.45) is 5.10 Å². The molecule has 0 N–H and O–H groups in total. The van der Waals surface area contributed by atoms with Crippen LogP contribution in [0.4, 0.5) is 5.69 Å². The Labute approximate surface area is 171 Å². The highest BCUT2D eigenvalue weighted by atomic mass is 16.2. The van der Waals surface area contributed by atoms with E-state index in [-0.39, 0.29) is 24.7 Å². The van der Waals surface area contributed by atoms with Gasteiger partial charge < -0.3 is 9.80 Å². The highest BCUT2D eigenvalue weighted by Gasteiger charge is 2.25. The van der Waals surface area contributed by atoms with Gasteiger partial charge in [-0.2, -0.15) is 5.10 Å². The van der Waals surface area contributed by atoms with Crippen LogP contribution in [0.5, 0.6) is 0 Å². The average molecular weight is 390 g/mol. The van der Waals surface area contributed by atoms with E-state index in [4.69, 9.17) is 0 Å². The van der Waals surface area contributed by atoms with Crippen LogP contribution in [-0.4, -0.2) is 60.2 Å². The van der Waals surface area contributed by atoms with Crippen LogP contribution in [0.15, 0.2) is 65.8 Å². The van der Waals surface area contributed by atoms with Gasteiger partial charge in [-0.25, -0.2) is 5.01 Å². The number of hydrogen-bond donors (Lipinski definition) is 0. The van der Waals surface area contributed by atoms with E-state index < -0.39 is 0 Å². The third kappa shape index (κ3) is 4.65. The van der Waals surface area contributed by atoms with Gasteiger partial charge in [0.05, 0.1) is 12.3 Å². The molecule has 0 radical (unpaired) electrons. The summed E-state index contributed by atoms with van der Waals surface area (Å²) in [6.07, 6.45) is 1.21. The van der Waals surface area contributed by atoms with E-state index in [0.29, 0.717) is 19.6 Å². The maximum atomic E-state index is 12.5. The molecule has 150 valence electrons. The monoisotopic (exact) mass is 390 g/mol. The smallest absolute Gasteiger partial charge is 0.243 e. The molecule has 29 heavy (non-hydrogen) atoms. The molecule has 0 aliphatic carbocycles.